The first kappa shape index (κ1) is 20.5. The van der Waals surface area contributed by atoms with Crippen LogP contribution in [0.3, 0.4) is 0 Å². The fourth-order valence-corrected chi connectivity index (χ4v) is 4.54. The van der Waals surface area contributed by atoms with Gasteiger partial charge in [0, 0.05) is 37.4 Å². The summed E-state index contributed by atoms with van der Waals surface area (Å²) < 4.78 is 7.57. The maximum atomic E-state index is 5.71. The van der Waals surface area contributed by atoms with Crippen LogP contribution in [0.2, 0.25) is 0 Å². The van der Waals surface area contributed by atoms with E-state index in [0.717, 1.165) is 33.6 Å². The Bertz CT molecular complexity index is 1030. The lowest BCUT2D eigenvalue weighted by Gasteiger charge is -2.28. The van der Waals surface area contributed by atoms with Crippen LogP contribution in [0.4, 0.5) is 0 Å². The molecular weight excluding hydrogens is 394 g/mol. The van der Waals surface area contributed by atoms with Crippen molar-refractivity contribution in [2.24, 2.45) is 0 Å². The van der Waals surface area contributed by atoms with Crippen LogP contribution in [0.15, 0.2) is 48.8 Å². The molecule has 0 aliphatic carbocycles. The Morgan fingerprint density at radius 2 is 1.97 bits per heavy atom. The Morgan fingerprint density at radius 3 is 2.63 bits per heavy atom. The summed E-state index contributed by atoms with van der Waals surface area (Å²) in [5.74, 6) is 0.924. The van der Waals surface area contributed by atoms with Crippen LogP contribution < -0.4 is 5.32 Å². The van der Waals surface area contributed by atoms with E-state index in [2.05, 4.69) is 56.8 Å². The molecule has 0 unspecified atom stereocenters. The number of nitrogens with zero attached hydrogens (tertiary/aromatic N) is 4. The molecule has 2 atom stereocenters. The van der Waals surface area contributed by atoms with Crippen LogP contribution >= 0.6 is 12.2 Å². The number of hydrogen-bond donors (Lipinski definition) is 1. The smallest absolute Gasteiger partial charge is 0.170 e. The average molecular weight is 422 g/mol. The maximum absolute atomic E-state index is 5.71. The quantitative estimate of drug-likeness (QED) is 0.611. The lowest BCUT2D eigenvalue weighted by molar-refractivity contribution is 0.164. The summed E-state index contributed by atoms with van der Waals surface area (Å²) in [6.07, 6.45) is 3.73. The van der Waals surface area contributed by atoms with Crippen molar-refractivity contribution in [3.05, 3.63) is 77.0 Å². The Morgan fingerprint density at radius 1 is 1.13 bits per heavy atom. The molecule has 6 nitrogen and oxygen atoms in total. The first-order valence-electron chi connectivity index (χ1n) is 10.1. The van der Waals surface area contributed by atoms with E-state index >= 15 is 0 Å². The summed E-state index contributed by atoms with van der Waals surface area (Å²) in [6.45, 7) is 7.63. The van der Waals surface area contributed by atoms with Crippen molar-refractivity contribution in [1.29, 1.82) is 0 Å². The second-order valence-corrected chi connectivity index (χ2v) is 8.06. The number of thiocarbonyl (C=S) groups is 1. The Labute approximate surface area is 182 Å². The van der Waals surface area contributed by atoms with Crippen LogP contribution in [-0.4, -0.2) is 44.8 Å². The molecule has 1 fully saturated rings. The third kappa shape index (κ3) is 3.70. The largest absolute Gasteiger partial charge is 0.383 e. The van der Waals surface area contributed by atoms with Crippen molar-refractivity contribution in [3.63, 3.8) is 0 Å². The number of ether oxygens (including phenoxy) is 1. The van der Waals surface area contributed by atoms with Gasteiger partial charge in [0.15, 0.2) is 5.11 Å². The van der Waals surface area contributed by atoms with Gasteiger partial charge in [0.1, 0.15) is 5.82 Å². The summed E-state index contributed by atoms with van der Waals surface area (Å²) in [4.78, 5) is 11.5. The lowest BCUT2D eigenvalue weighted by Crippen LogP contribution is -2.32. The van der Waals surface area contributed by atoms with Crippen LogP contribution in [0.1, 0.15) is 40.3 Å². The third-order valence-electron chi connectivity index (χ3n) is 5.65. The molecule has 1 saturated heterocycles. The van der Waals surface area contributed by atoms with Crippen LogP contribution in [0.25, 0.3) is 5.82 Å². The SMILES string of the molecule is COCCN1C(=S)N[C@H](c2ccccn2)[C@@H]1c1cc(C)n(-c2ccc(C)cn2)c1C. The number of aromatic nitrogens is 3. The van der Waals surface area contributed by atoms with Gasteiger partial charge in [-0.1, -0.05) is 12.1 Å². The zero-order valence-electron chi connectivity index (χ0n) is 17.8. The predicted octanol–water partition coefficient (Wildman–Crippen LogP) is 3.81. The van der Waals surface area contributed by atoms with E-state index in [9.17, 15) is 0 Å². The molecule has 0 spiro atoms. The second-order valence-electron chi connectivity index (χ2n) is 7.67. The molecule has 30 heavy (non-hydrogen) atoms. The molecule has 4 heterocycles. The highest BCUT2D eigenvalue weighted by molar-refractivity contribution is 7.80. The topological polar surface area (TPSA) is 55.2 Å². The summed E-state index contributed by atoms with van der Waals surface area (Å²) >= 11 is 5.71. The predicted molar refractivity (Wildman–Crippen MR) is 122 cm³/mol. The summed E-state index contributed by atoms with van der Waals surface area (Å²) in [7, 11) is 1.72. The van der Waals surface area contributed by atoms with Crippen molar-refractivity contribution in [1.82, 2.24) is 24.8 Å². The standard InChI is InChI=1S/C23H27N5OS/c1-15-8-9-20(25-14-15)28-16(2)13-18(17(28)3)22-21(19-7-5-6-10-24-19)26-23(30)27(22)11-12-29-4/h5-10,13-14,21-22H,11-12H2,1-4H3,(H,26,30)/t21-,22+/m1/s1. The monoisotopic (exact) mass is 421 g/mol. The first-order chi connectivity index (χ1) is 14.5. The van der Waals surface area contributed by atoms with Crippen LogP contribution in [-0.2, 0) is 4.74 Å². The number of aryl methyl sites for hydroxylation is 2. The molecule has 7 heteroatoms. The number of nitrogens with one attached hydrogen (secondary N) is 1. The molecule has 0 amide bonds. The molecule has 0 aromatic carbocycles. The minimum absolute atomic E-state index is 0.0212. The third-order valence-corrected chi connectivity index (χ3v) is 6.00. The summed E-state index contributed by atoms with van der Waals surface area (Å²) in [5, 5.41) is 4.22. The molecule has 3 aromatic heterocycles. The molecule has 1 aliphatic rings. The van der Waals surface area contributed by atoms with Crippen molar-refractivity contribution in [3.8, 4) is 5.82 Å². The molecule has 3 aromatic rings. The van der Waals surface area contributed by atoms with Crippen molar-refractivity contribution < 1.29 is 4.74 Å². The molecule has 4 rings (SSSR count). The lowest BCUT2D eigenvalue weighted by atomic mass is 9.97. The molecule has 0 radical (unpaired) electrons. The van der Waals surface area contributed by atoms with Gasteiger partial charge in [0.2, 0.25) is 0 Å². The second kappa shape index (κ2) is 8.53. The molecular formula is C23H27N5OS. The Kier molecular flexibility index (Phi) is 5.83. The summed E-state index contributed by atoms with van der Waals surface area (Å²) in [5.41, 5.74) is 5.64. The van der Waals surface area contributed by atoms with Crippen molar-refractivity contribution >= 4 is 17.3 Å². The number of methoxy groups -OCH3 is 1. The molecule has 156 valence electrons. The van der Waals surface area contributed by atoms with E-state index in [4.69, 9.17) is 17.0 Å². The van der Waals surface area contributed by atoms with E-state index in [0.29, 0.717) is 13.2 Å². The van der Waals surface area contributed by atoms with Gasteiger partial charge in [0.05, 0.1) is 24.4 Å². The van der Waals surface area contributed by atoms with Gasteiger partial charge in [-0.05, 0) is 68.4 Å². The number of hydrogen-bond acceptors (Lipinski definition) is 4. The highest BCUT2D eigenvalue weighted by Gasteiger charge is 2.41. The molecule has 1 N–H and O–H groups in total. The fourth-order valence-electron chi connectivity index (χ4n) is 4.21. The zero-order chi connectivity index (χ0) is 21.3. The first-order valence-corrected chi connectivity index (χ1v) is 10.5. The molecule has 0 bridgehead atoms. The van der Waals surface area contributed by atoms with E-state index in [1.807, 2.05) is 37.5 Å². The van der Waals surface area contributed by atoms with Crippen LogP contribution in [0, 0.1) is 20.8 Å². The zero-order valence-corrected chi connectivity index (χ0v) is 18.6. The minimum Gasteiger partial charge on any atom is -0.383 e. The van der Waals surface area contributed by atoms with E-state index in [-0.39, 0.29) is 12.1 Å². The highest BCUT2D eigenvalue weighted by Crippen LogP contribution is 2.41. The number of pyridine rings is 2. The molecule has 1 aliphatic heterocycles. The van der Waals surface area contributed by atoms with Gasteiger partial charge in [-0.2, -0.15) is 0 Å². The normalized spacial score (nSPS) is 18.7. The highest BCUT2D eigenvalue weighted by atomic mass is 32.1. The summed E-state index contributed by atoms with van der Waals surface area (Å²) in [6, 6.07) is 12.4. The van der Waals surface area contributed by atoms with E-state index < -0.39 is 0 Å². The minimum atomic E-state index is -0.0320. The molecule has 0 saturated carbocycles. The van der Waals surface area contributed by atoms with Crippen molar-refractivity contribution in [2.45, 2.75) is 32.9 Å². The van der Waals surface area contributed by atoms with E-state index in [1.165, 1.54) is 5.56 Å². The maximum Gasteiger partial charge on any atom is 0.170 e. The average Bonchev–Trinajstić information content (AvgIpc) is 3.23. The Balaban J connectivity index is 1.81. The van der Waals surface area contributed by atoms with Gasteiger partial charge >= 0.3 is 0 Å². The van der Waals surface area contributed by atoms with Gasteiger partial charge in [-0.25, -0.2) is 4.98 Å². The van der Waals surface area contributed by atoms with Gasteiger partial charge in [-0.15, -0.1) is 0 Å². The van der Waals surface area contributed by atoms with E-state index in [1.54, 1.807) is 7.11 Å². The van der Waals surface area contributed by atoms with Gasteiger partial charge < -0.3 is 19.5 Å². The fraction of sp³-hybridized carbons (Fsp3) is 0.348. The van der Waals surface area contributed by atoms with Gasteiger partial charge in [0.25, 0.3) is 0 Å². The van der Waals surface area contributed by atoms with Crippen molar-refractivity contribution in [2.75, 3.05) is 20.3 Å². The number of rotatable bonds is 6. The Hall–Kier alpha value is -2.77. The van der Waals surface area contributed by atoms with Gasteiger partial charge in [-0.3, -0.25) is 4.98 Å². The van der Waals surface area contributed by atoms with Crippen LogP contribution in [0.5, 0.6) is 0 Å².